The number of anilines is 1. The minimum atomic E-state index is 0.654. The van der Waals surface area contributed by atoms with Crippen LogP contribution in [0.25, 0.3) is 0 Å². The zero-order valence-corrected chi connectivity index (χ0v) is 13.4. The molecule has 1 N–H and O–H groups in total. The predicted molar refractivity (Wildman–Crippen MR) is 93.0 cm³/mol. The largest absolute Gasteiger partial charge is 0.331 e. The summed E-state index contributed by atoms with van der Waals surface area (Å²) in [5.74, 6) is 0. The normalized spacial score (nSPS) is 11.4. The van der Waals surface area contributed by atoms with Crippen LogP contribution in [0.1, 0.15) is 5.56 Å². The summed E-state index contributed by atoms with van der Waals surface area (Å²) < 4.78 is 3.04. The molecule has 3 aromatic rings. The molecule has 1 heterocycles. The molecule has 0 radical (unpaired) electrons. The molecular formula is C17H15BrN4. The number of benzene rings is 2. The van der Waals surface area contributed by atoms with Gasteiger partial charge in [-0.15, -0.1) is 0 Å². The van der Waals surface area contributed by atoms with E-state index >= 15 is 0 Å². The SMILES string of the molecule is Brc1ccc(/C(Cn2ccnc2)=N\Nc2ccccc2)cc1. The van der Waals surface area contributed by atoms with Crippen LogP contribution in [-0.4, -0.2) is 15.3 Å². The maximum Gasteiger partial charge on any atom is 0.0949 e. The average Bonchev–Trinajstić information content (AvgIpc) is 3.06. The van der Waals surface area contributed by atoms with E-state index in [1.165, 1.54) is 0 Å². The van der Waals surface area contributed by atoms with Crippen LogP contribution >= 0.6 is 15.9 Å². The zero-order chi connectivity index (χ0) is 15.2. The quantitative estimate of drug-likeness (QED) is 0.552. The Morgan fingerprint density at radius 2 is 1.86 bits per heavy atom. The molecular weight excluding hydrogens is 340 g/mol. The van der Waals surface area contributed by atoms with Gasteiger partial charge in [-0.2, -0.15) is 5.10 Å². The molecule has 3 rings (SSSR count). The van der Waals surface area contributed by atoms with E-state index in [1.807, 2.05) is 65.4 Å². The third-order valence-corrected chi connectivity index (χ3v) is 3.69. The molecule has 0 fully saturated rings. The molecule has 110 valence electrons. The monoisotopic (exact) mass is 354 g/mol. The highest BCUT2D eigenvalue weighted by Gasteiger charge is 2.05. The van der Waals surface area contributed by atoms with Crippen molar-refractivity contribution < 1.29 is 0 Å². The molecule has 22 heavy (non-hydrogen) atoms. The van der Waals surface area contributed by atoms with E-state index in [-0.39, 0.29) is 0 Å². The Balaban J connectivity index is 1.86. The minimum absolute atomic E-state index is 0.654. The van der Waals surface area contributed by atoms with Gasteiger partial charge in [0, 0.05) is 16.9 Å². The third-order valence-electron chi connectivity index (χ3n) is 3.16. The van der Waals surface area contributed by atoms with E-state index in [4.69, 9.17) is 0 Å². The molecule has 0 aliphatic carbocycles. The van der Waals surface area contributed by atoms with Crippen molar-refractivity contribution in [3.05, 3.63) is 83.4 Å². The number of imidazole rings is 1. The first-order valence-corrected chi connectivity index (χ1v) is 7.70. The van der Waals surface area contributed by atoms with Crippen LogP contribution in [0.5, 0.6) is 0 Å². The molecule has 0 saturated carbocycles. The zero-order valence-electron chi connectivity index (χ0n) is 11.9. The van der Waals surface area contributed by atoms with Crippen molar-refractivity contribution in [1.29, 1.82) is 0 Å². The maximum atomic E-state index is 4.57. The number of hydrogen-bond donors (Lipinski definition) is 1. The molecule has 2 aromatic carbocycles. The summed E-state index contributed by atoms with van der Waals surface area (Å²) in [6.07, 6.45) is 5.48. The molecule has 0 spiro atoms. The lowest BCUT2D eigenvalue weighted by Gasteiger charge is -2.09. The Hall–Kier alpha value is -2.40. The van der Waals surface area contributed by atoms with E-state index in [2.05, 4.69) is 31.4 Å². The summed E-state index contributed by atoms with van der Waals surface area (Å²) >= 11 is 3.46. The van der Waals surface area contributed by atoms with E-state index in [1.54, 1.807) is 12.5 Å². The van der Waals surface area contributed by atoms with E-state index < -0.39 is 0 Å². The van der Waals surface area contributed by atoms with Crippen molar-refractivity contribution in [1.82, 2.24) is 9.55 Å². The van der Waals surface area contributed by atoms with Crippen LogP contribution in [0.15, 0.2) is 82.9 Å². The first kappa shape index (κ1) is 14.5. The van der Waals surface area contributed by atoms with Gasteiger partial charge >= 0.3 is 0 Å². The molecule has 0 atom stereocenters. The Labute approximate surface area is 137 Å². The smallest absolute Gasteiger partial charge is 0.0949 e. The van der Waals surface area contributed by atoms with Crippen molar-refractivity contribution in [2.75, 3.05) is 5.43 Å². The molecule has 0 saturated heterocycles. The summed E-state index contributed by atoms with van der Waals surface area (Å²) in [4.78, 5) is 4.08. The second-order valence-corrected chi connectivity index (χ2v) is 5.69. The van der Waals surface area contributed by atoms with Crippen LogP contribution < -0.4 is 5.43 Å². The molecule has 4 nitrogen and oxygen atoms in total. The second-order valence-electron chi connectivity index (χ2n) is 4.78. The van der Waals surface area contributed by atoms with Crippen LogP contribution in [0.3, 0.4) is 0 Å². The Morgan fingerprint density at radius 3 is 2.55 bits per heavy atom. The molecule has 1 aromatic heterocycles. The number of nitrogens with one attached hydrogen (secondary N) is 1. The average molecular weight is 355 g/mol. The summed E-state index contributed by atoms with van der Waals surface area (Å²) in [5.41, 5.74) is 6.08. The summed E-state index contributed by atoms with van der Waals surface area (Å²) in [6, 6.07) is 18.0. The summed E-state index contributed by atoms with van der Waals surface area (Å²) in [7, 11) is 0. The van der Waals surface area contributed by atoms with Gasteiger partial charge in [-0.25, -0.2) is 4.98 Å². The van der Waals surface area contributed by atoms with Crippen LogP contribution in [-0.2, 0) is 6.54 Å². The highest BCUT2D eigenvalue weighted by atomic mass is 79.9. The summed E-state index contributed by atoms with van der Waals surface area (Å²) in [6.45, 7) is 0.654. The molecule has 0 unspecified atom stereocenters. The molecule has 0 aliphatic heterocycles. The van der Waals surface area contributed by atoms with Gasteiger partial charge in [0.2, 0.25) is 0 Å². The fourth-order valence-corrected chi connectivity index (χ4v) is 2.30. The van der Waals surface area contributed by atoms with Crippen molar-refractivity contribution in [3.8, 4) is 0 Å². The topological polar surface area (TPSA) is 42.2 Å². The Kier molecular flexibility index (Phi) is 4.65. The van der Waals surface area contributed by atoms with Crippen molar-refractivity contribution in [2.45, 2.75) is 6.54 Å². The Morgan fingerprint density at radius 1 is 1.09 bits per heavy atom. The number of aromatic nitrogens is 2. The lowest BCUT2D eigenvalue weighted by molar-refractivity contribution is 0.848. The molecule has 0 bridgehead atoms. The number of para-hydroxylation sites is 1. The number of hydrogen-bond acceptors (Lipinski definition) is 3. The summed E-state index contributed by atoms with van der Waals surface area (Å²) in [5, 5.41) is 4.57. The fraction of sp³-hybridized carbons (Fsp3) is 0.0588. The highest BCUT2D eigenvalue weighted by Crippen LogP contribution is 2.13. The fourth-order valence-electron chi connectivity index (χ4n) is 2.03. The van der Waals surface area contributed by atoms with Crippen LogP contribution in [0.4, 0.5) is 5.69 Å². The first-order valence-electron chi connectivity index (χ1n) is 6.90. The Bertz CT molecular complexity index is 734. The number of rotatable bonds is 5. The van der Waals surface area contributed by atoms with Gasteiger partial charge in [0.05, 0.1) is 24.3 Å². The van der Waals surface area contributed by atoms with Gasteiger partial charge in [-0.05, 0) is 29.8 Å². The van der Waals surface area contributed by atoms with Gasteiger partial charge in [0.15, 0.2) is 0 Å². The van der Waals surface area contributed by atoms with Crippen molar-refractivity contribution in [3.63, 3.8) is 0 Å². The van der Waals surface area contributed by atoms with Gasteiger partial charge < -0.3 is 4.57 Å². The second kappa shape index (κ2) is 7.04. The van der Waals surface area contributed by atoms with Gasteiger partial charge in [-0.3, -0.25) is 5.43 Å². The van der Waals surface area contributed by atoms with Gasteiger partial charge in [-0.1, -0.05) is 46.3 Å². The minimum Gasteiger partial charge on any atom is -0.331 e. The van der Waals surface area contributed by atoms with Crippen LogP contribution in [0.2, 0.25) is 0 Å². The molecule has 0 amide bonds. The highest BCUT2D eigenvalue weighted by molar-refractivity contribution is 9.10. The van der Waals surface area contributed by atoms with E-state index in [0.29, 0.717) is 6.54 Å². The van der Waals surface area contributed by atoms with Gasteiger partial charge in [0.25, 0.3) is 0 Å². The van der Waals surface area contributed by atoms with Crippen LogP contribution in [0, 0.1) is 0 Å². The number of hydrazone groups is 1. The van der Waals surface area contributed by atoms with E-state index in [9.17, 15) is 0 Å². The van der Waals surface area contributed by atoms with Gasteiger partial charge in [0.1, 0.15) is 0 Å². The third kappa shape index (κ3) is 3.83. The lowest BCUT2D eigenvalue weighted by atomic mass is 10.1. The maximum absolute atomic E-state index is 4.57. The first-order chi connectivity index (χ1) is 10.8. The number of nitrogens with zero attached hydrogens (tertiary/aromatic N) is 3. The van der Waals surface area contributed by atoms with Crippen molar-refractivity contribution >= 4 is 27.3 Å². The molecule has 0 aliphatic rings. The molecule has 5 heteroatoms. The standard InChI is InChI=1S/C17H15BrN4/c18-15-8-6-14(7-9-15)17(12-22-11-10-19-13-22)21-20-16-4-2-1-3-5-16/h1-11,13,20H,12H2/b21-17-. The lowest BCUT2D eigenvalue weighted by Crippen LogP contribution is -2.12. The predicted octanol–water partition coefficient (Wildman–Crippen LogP) is 4.16. The van der Waals surface area contributed by atoms with E-state index in [0.717, 1.165) is 21.4 Å². The van der Waals surface area contributed by atoms with Crippen molar-refractivity contribution in [2.24, 2.45) is 5.10 Å². The number of halogens is 1.